The molecule has 1 aromatic rings. The van der Waals surface area contributed by atoms with E-state index in [1.54, 1.807) is 4.90 Å². The molecule has 1 aliphatic heterocycles. The number of rotatable bonds is 2. The maximum absolute atomic E-state index is 12.1. The molecule has 2 rings (SSSR count). The van der Waals surface area contributed by atoms with Crippen molar-refractivity contribution in [2.24, 2.45) is 0 Å². The lowest BCUT2D eigenvalue weighted by Crippen LogP contribution is -2.43. The van der Waals surface area contributed by atoms with Gasteiger partial charge in [-0.1, -0.05) is 18.2 Å². The predicted octanol–water partition coefficient (Wildman–Crippen LogP) is 1.02. The molecule has 102 valence electrons. The Labute approximate surface area is 111 Å². The lowest BCUT2D eigenvalue weighted by Gasteiger charge is -2.25. The number of para-hydroxylation sites is 1. The van der Waals surface area contributed by atoms with Gasteiger partial charge in [0.05, 0.1) is 13.1 Å². The molecule has 0 saturated heterocycles. The smallest absolute Gasteiger partial charge is 0.323 e. The van der Waals surface area contributed by atoms with Crippen LogP contribution in [0, 0.1) is 0 Å². The highest BCUT2D eigenvalue weighted by molar-refractivity contribution is 5.80. The van der Waals surface area contributed by atoms with Crippen molar-refractivity contribution in [3.05, 3.63) is 29.8 Å². The summed E-state index contributed by atoms with van der Waals surface area (Å²) in [6.45, 7) is 0.970. The van der Waals surface area contributed by atoms with Crippen LogP contribution in [0.4, 0.5) is 4.79 Å². The van der Waals surface area contributed by atoms with Gasteiger partial charge in [0.1, 0.15) is 18.9 Å². The standard InChI is InChI=1S/C13H16N2O4/c1-14(9-12(16)17)13(18)15-6-7-19-11-5-3-2-4-10(11)8-15/h2-5H,6-9H2,1H3,(H,16,17). The molecule has 1 aliphatic rings. The molecule has 6 nitrogen and oxygen atoms in total. The summed E-state index contributed by atoms with van der Waals surface area (Å²) in [5.74, 6) is -0.249. The van der Waals surface area contributed by atoms with Crippen LogP contribution in [0.5, 0.6) is 5.75 Å². The van der Waals surface area contributed by atoms with E-state index >= 15 is 0 Å². The Morgan fingerprint density at radius 1 is 1.42 bits per heavy atom. The number of carboxylic acids is 1. The third-order valence-electron chi connectivity index (χ3n) is 2.92. The number of nitrogens with zero attached hydrogens (tertiary/aromatic N) is 2. The number of hydrogen-bond donors (Lipinski definition) is 1. The molecular weight excluding hydrogens is 248 g/mol. The zero-order chi connectivity index (χ0) is 13.8. The molecule has 1 aromatic carbocycles. The lowest BCUT2D eigenvalue weighted by molar-refractivity contribution is -0.137. The van der Waals surface area contributed by atoms with Gasteiger partial charge in [-0.25, -0.2) is 4.79 Å². The Morgan fingerprint density at radius 2 is 2.16 bits per heavy atom. The van der Waals surface area contributed by atoms with Gasteiger partial charge < -0.3 is 19.6 Å². The molecule has 0 unspecified atom stereocenters. The molecule has 1 N–H and O–H groups in total. The summed E-state index contributed by atoms with van der Waals surface area (Å²) in [7, 11) is 1.48. The van der Waals surface area contributed by atoms with E-state index in [0.29, 0.717) is 19.7 Å². The van der Waals surface area contributed by atoms with E-state index in [1.807, 2.05) is 24.3 Å². The topological polar surface area (TPSA) is 70.1 Å². The van der Waals surface area contributed by atoms with Crippen LogP contribution < -0.4 is 4.74 Å². The van der Waals surface area contributed by atoms with Crippen LogP contribution in [0.3, 0.4) is 0 Å². The molecule has 2 amide bonds. The second kappa shape index (κ2) is 5.60. The summed E-state index contributed by atoms with van der Waals surface area (Å²) in [5.41, 5.74) is 0.928. The van der Waals surface area contributed by atoms with Crippen molar-refractivity contribution < 1.29 is 19.4 Å². The molecule has 0 aliphatic carbocycles. The van der Waals surface area contributed by atoms with Crippen molar-refractivity contribution >= 4 is 12.0 Å². The fourth-order valence-corrected chi connectivity index (χ4v) is 2.00. The van der Waals surface area contributed by atoms with Crippen LogP contribution in [0.2, 0.25) is 0 Å². The van der Waals surface area contributed by atoms with E-state index < -0.39 is 5.97 Å². The summed E-state index contributed by atoms with van der Waals surface area (Å²) >= 11 is 0. The average Bonchev–Trinajstić information content (AvgIpc) is 2.58. The van der Waals surface area contributed by atoms with Crippen molar-refractivity contribution in [1.29, 1.82) is 0 Å². The predicted molar refractivity (Wildman–Crippen MR) is 68.0 cm³/mol. The fraction of sp³-hybridized carbons (Fsp3) is 0.385. The van der Waals surface area contributed by atoms with E-state index in [1.165, 1.54) is 11.9 Å². The third-order valence-corrected chi connectivity index (χ3v) is 2.92. The summed E-state index contributed by atoms with van der Waals surface area (Å²) in [4.78, 5) is 25.5. The van der Waals surface area contributed by atoms with Gasteiger partial charge in [-0.05, 0) is 6.07 Å². The van der Waals surface area contributed by atoms with Gasteiger partial charge in [-0.3, -0.25) is 4.79 Å². The number of carbonyl (C=O) groups excluding carboxylic acids is 1. The number of fused-ring (bicyclic) bond motifs is 1. The van der Waals surface area contributed by atoms with E-state index in [2.05, 4.69) is 0 Å². The Balaban J connectivity index is 2.09. The highest BCUT2D eigenvalue weighted by Gasteiger charge is 2.23. The Kier molecular flexibility index (Phi) is 3.89. The minimum Gasteiger partial charge on any atom is -0.491 e. The zero-order valence-electron chi connectivity index (χ0n) is 10.7. The number of benzene rings is 1. The van der Waals surface area contributed by atoms with Crippen molar-refractivity contribution in [2.45, 2.75) is 6.54 Å². The van der Waals surface area contributed by atoms with Crippen LogP contribution in [0.15, 0.2) is 24.3 Å². The average molecular weight is 264 g/mol. The van der Waals surface area contributed by atoms with Crippen molar-refractivity contribution in [3.63, 3.8) is 0 Å². The molecule has 1 heterocycles. The Morgan fingerprint density at radius 3 is 2.89 bits per heavy atom. The fourth-order valence-electron chi connectivity index (χ4n) is 2.00. The number of urea groups is 1. The summed E-state index contributed by atoms with van der Waals surface area (Å²) in [6.07, 6.45) is 0. The summed E-state index contributed by atoms with van der Waals surface area (Å²) < 4.78 is 5.56. The minimum atomic E-state index is -1.03. The number of likely N-dealkylation sites (N-methyl/N-ethyl adjacent to an activating group) is 1. The van der Waals surface area contributed by atoms with Crippen LogP contribution in [0.1, 0.15) is 5.56 Å². The summed E-state index contributed by atoms with van der Waals surface area (Å²) in [6, 6.07) is 7.23. The van der Waals surface area contributed by atoms with Gasteiger partial charge in [0.2, 0.25) is 0 Å². The maximum atomic E-state index is 12.1. The molecule has 0 spiro atoms. The molecule has 0 fully saturated rings. The maximum Gasteiger partial charge on any atom is 0.323 e. The van der Waals surface area contributed by atoms with Gasteiger partial charge >= 0.3 is 12.0 Å². The zero-order valence-corrected chi connectivity index (χ0v) is 10.7. The third kappa shape index (κ3) is 3.15. The van der Waals surface area contributed by atoms with E-state index in [9.17, 15) is 9.59 Å². The van der Waals surface area contributed by atoms with E-state index in [0.717, 1.165) is 11.3 Å². The van der Waals surface area contributed by atoms with E-state index in [-0.39, 0.29) is 12.6 Å². The van der Waals surface area contributed by atoms with Gasteiger partial charge in [-0.2, -0.15) is 0 Å². The number of hydrogen-bond acceptors (Lipinski definition) is 3. The van der Waals surface area contributed by atoms with Gasteiger partial charge in [0, 0.05) is 12.6 Å². The number of carbonyl (C=O) groups is 2. The van der Waals surface area contributed by atoms with Crippen molar-refractivity contribution in [1.82, 2.24) is 9.80 Å². The number of aliphatic carboxylic acids is 1. The minimum absolute atomic E-state index is 0.303. The van der Waals surface area contributed by atoms with Crippen molar-refractivity contribution in [3.8, 4) is 5.75 Å². The van der Waals surface area contributed by atoms with Crippen LogP contribution in [-0.4, -0.2) is 53.7 Å². The Hall–Kier alpha value is -2.24. The first-order valence-corrected chi connectivity index (χ1v) is 6.00. The second-order valence-electron chi connectivity index (χ2n) is 4.41. The second-order valence-corrected chi connectivity index (χ2v) is 4.41. The quantitative estimate of drug-likeness (QED) is 0.865. The first-order chi connectivity index (χ1) is 9.08. The summed E-state index contributed by atoms with van der Waals surface area (Å²) in [5, 5.41) is 8.71. The van der Waals surface area contributed by atoms with Crippen LogP contribution in [-0.2, 0) is 11.3 Å². The molecule has 0 bridgehead atoms. The lowest BCUT2D eigenvalue weighted by atomic mass is 10.2. The number of amides is 2. The molecule has 0 radical (unpaired) electrons. The van der Waals surface area contributed by atoms with Gasteiger partial charge in [-0.15, -0.1) is 0 Å². The van der Waals surface area contributed by atoms with Crippen LogP contribution >= 0.6 is 0 Å². The molecule has 0 atom stereocenters. The largest absolute Gasteiger partial charge is 0.491 e. The molecular formula is C13H16N2O4. The van der Waals surface area contributed by atoms with Crippen molar-refractivity contribution in [2.75, 3.05) is 26.7 Å². The first kappa shape index (κ1) is 13.2. The van der Waals surface area contributed by atoms with Crippen LogP contribution in [0.25, 0.3) is 0 Å². The number of carboxylic acid groups (broad SMARTS) is 1. The highest BCUT2D eigenvalue weighted by atomic mass is 16.5. The van der Waals surface area contributed by atoms with Gasteiger partial charge in [0.15, 0.2) is 0 Å². The number of ether oxygens (including phenoxy) is 1. The highest BCUT2D eigenvalue weighted by Crippen LogP contribution is 2.22. The normalized spacial score (nSPS) is 14.1. The monoisotopic (exact) mass is 264 g/mol. The SMILES string of the molecule is CN(CC(=O)O)C(=O)N1CCOc2ccccc2C1. The van der Waals surface area contributed by atoms with Gasteiger partial charge in [0.25, 0.3) is 0 Å². The molecule has 0 saturated carbocycles. The molecule has 19 heavy (non-hydrogen) atoms. The molecule has 0 aromatic heterocycles. The first-order valence-electron chi connectivity index (χ1n) is 6.00. The Bertz CT molecular complexity index is 489. The van der Waals surface area contributed by atoms with E-state index in [4.69, 9.17) is 9.84 Å². The molecule has 6 heteroatoms.